The minimum absolute atomic E-state index is 0.481. The molecule has 0 aliphatic heterocycles. The lowest BCUT2D eigenvalue weighted by Crippen LogP contribution is -2.37. The third kappa shape index (κ3) is 5.18. The van der Waals surface area contributed by atoms with Crippen LogP contribution in [0.4, 0.5) is 11.4 Å². The Bertz CT molecular complexity index is 1400. The number of H-pyrrole nitrogens is 1. The van der Waals surface area contributed by atoms with Crippen molar-refractivity contribution < 1.29 is 4.74 Å². The fourth-order valence-corrected chi connectivity index (χ4v) is 4.22. The second kappa shape index (κ2) is 10.4. The number of benzene rings is 1. The van der Waals surface area contributed by atoms with E-state index >= 15 is 0 Å². The summed E-state index contributed by atoms with van der Waals surface area (Å²) >= 11 is 0. The Labute approximate surface area is 204 Å². The second-order valence-corrected chi connectivity index (χ2v) is 8.78. The molecule has 3 heterocycles. The highest BCUT2D eigenvalue weighted by Gasteiger charge is 2.15. The average Bonchev–Trinajstić information content (AvgIpc) is 3.34. The van der Waals surface area contributed by atoms with E-state index in [0.29, 0.717) is 18.2 Å². The van der Waals surface area contributed by atoms with Gasteiger partial charge in [0.05, 0.1) is 17.4 Å². The Balaban J connectivity index is 1.33. The van der Waals surface area contributed by atoms with E-state index in [0.717, 1.165) is 51.3 Å². The summed E-state index contributed by atoms with van der Waals surface area (Å²) in [6.45, 7) is 3.51. The number of anilines is 2. The van der Waals surface area contributed by atoms with Crippen LogP contribution in [0, 0.1) is 18.3 Å². The van der Waals surface area contributed by atoms with Crippen LogP contribution in [-0.4, -0.2) is 34.1 Å². The smallest absolute Gasteiger partial charge is 0.138 e. The predicted octanol–water partition coefficient (Wildman–Crippen LogP) is 5.57. The highest BCUT2D eigenvalue weighted by Crippen LogP contribution is 2.31. The van der Waals surface area contributed by atoms with Gasteiger partial charge in [0.15, 0.2) is 0 Å². The van der Waals surface area contributed by atoms with Gasteiger partial charge in [0.2, 0.25) is 0 Å². The van der Waals surface area contributed by atoms with Crippen molar-refractivity contribution in [3.8, 4) is 11.8 Å². The Hall–Kier alpha value is -4.15. The number of rotatable bonds is 9. The molecule has 1 fully saturated rings. The summed E-state index contributed by atoms with van der Waals surface area (Å²) in [6, 6.07) is 11.0. The van der Waals surface area contributed by atoms with Crippen LogP contribution in [0.25, 0.3) is 23.1 Å². The maximum absolute atomic E-state index is 9.72. The number of hydrogen-bond acceptors (Lipinski definition) is 6. The zero-order valence-corrected chi connectivity index (χ0v) is 19.7. The van der Waals surface area contributed by atoms with Crippen LogP contribution < -0.4 is 15.4 Å². The van der Waals surface area contributed by atoms with Crippen molar-refractivity contribution in [1.29, 1.82) is 5.26 Å². The molecule has 35 heavy (non-hydrogen) atoms. The molecule has 4 aromatic rings. The van der Waals surface area contributed by atoms with Crippen molar-refractivity contribution in [2.75, 3.05) is 18.5 Å². The molecule has 176 valence electrons. The molecule has 1 aliphatic rings. The van der Waals surface area contributed by atoms with Crippen LogP contribution in [0.1, 0.15) is 41.5 Å². The molecule has 1 aromatic carbocycles. The SMILES string of the molecule is Cc1c(Nc2c(C#N)cncc2/C=C/c2cncc(OCCNC3CCC3)c2)ccc2[nH]ccc12. The van der Waals surface area contributed by atoms with E-state index in [1.54, 1.807) is 24.8 Å². The quantitative estimate of drug-likeness (QED) is 0.280. The molecule has 1 aliphatic carbocycles. The molecule has 0 spiro atoms. The summed E-state index contributed by atoms with van der Waals surface area (Å²) < 4.78 is 5.87. The number of aryl methyl sites for hydroxylation is 1. The number of hydrogen-bond donors (Lipinski definition) is 3. The van der Waals surface area contributed by atoms with Gasteiger partial charge in [0, 0.05) is 59.5 Å². The van der Waals surface area contributed by atoms with Crippen molar-refractivity contribution in [2.45, 2.75) is 32.2 Å². The maximum Gasteiger partial charge on any atom is 0.138 e. The third-order valence-corrected chi connectivity index (χ3v) is 6.46. The summed E-state index contributed by atoms with van der Waals surface area (Å²) in [6.07, 6.45) is 16.5. The van der Waals surface area contributed by atoms with Gasteiger partial charge in [-0.05, 0) is 55.2 Å². The molecule has 0 atom stereocenters. The van der Waals surface area contributed by atoms with Crippen molar-refractivity contribution in [3.63, 3.8) is 0 Å². The van der Waals surface area contributed by atoms with Crippen molar-refractivity contribution in [1.82, 2.24) is 20.3 Å². The summed E-state index contributed by atoms with van der Waals surface area (Å²) in [5, 5.41) is 17.8. The van der Waals surface area contributed by atoms with E-state index in [1.807, 2.05) is 36.5 Å². The first-order chi connectivity index (χ1) is 17.2. The lowest BCUT2D eigenvalue weighted by molar-refractivity contribution is 0.275. The zero-order chi connectivity index (χ0) is 24.0. The van der Waals surface area contributed by atoms with Gasteiger partial charge in [-0.25, -0.2) is 0 Å². The maximum atomic E-state index is 9.72. The van der Waals surface area contributed by atoms with Gasteiger partial charge in [-0.15, -0.1) is 0 Å². The molecule has 3 N–H and O–H groups in total. The normalized spacial score (nSPS) is 13.6. The molecule has 0 saturated heterocycles. The number of nitriles is 1. The number of nitrogens with zero attached hydrogens (tertiary/aromatic N) is 3. The Kier molecular flexibility index (Phi) is 6.73. The summed E-state index contributed by atoms with van der Waals surface area (Å²) in [7, 11) is 0. The van der Waals surface area contributed by atoms with Crippen molar-refractivity contribution in [2.24, 2.45) is 0 Å². The van der Waals surface area contributed by atoms with Crippen LogP contribution in [0.15, 0.2) is 55.2 Å². The van der Waals surface area contributed by atoms with Gasteiger partial charge in [-0.3, -0.25) is 9.97 Å². The molecule has 0 bridgehead atoms. The Morgan fingerprint density at radius 2 is 2.03 bits per heavy atom. The van der Waals surface area contributed by atoms with Crippen LogP contribution in [-0.2, 0) is 0 Å². The first-order valence-electron chi connectivity index (χ1n) is 11.9. The number of aromatic nitrogens is 3. The summed E-state index contributed by atoms with van der Waals surface area (Å²) in [5.74, 6) is 0.736. The number of nitrogens with one attached hydrogen (secondary N) is 3. The molecule has 1 saturated carbocycles. The van der Waals surface area contributed by atoms with Crippen molar-refractivity contribution in [3.05, 3.63) is 77.5 Å². The van der Waals surface area contributed by atoms with Gasteiger partial charge < -0.3 is 20.4 Å². The van der Waals surface area contributed by atoms with Gasteiger partial charge in [-0.2, -0.15) is 5.26 Å². The minimum Gasteiger partial charge on any atom is -0.491 e. The van der Waals surface area contributed by atoms with Crippen LogP contribution >= 0.6 is 0 Å². The Morgan fingerprint density at radius 1 is 1.14 bits per heavy atom. The fraction of sp³-hybridized carbons (Fsp3) is 0.250. The monoisotopic (exact) mass is 464 g/mol. The minimum atomic E-state index is 0.481. The van der Waals surface area contributed by atoms with E-state index < -0.39 is 0 Å². The number of aromatic amines is 1. The molecular weight excluding hydrogens is 436 g/mol. The average molecular weight is 465 g/mol. The molecule has 3 aromatic heterocycles. The van der Waals surface area contributed by atoms with Crippen molar-refractivity contribution >= 4 is 34.4 Å². The molecule has 0 unspecified atom stereocenters. The largest absolute Gasteiger partial charge is 0.491 e. The molecule has 0 radical (unpaired) electrons. The molecule has 5 rings (SSSR count). The third-order valence-electron chi connectivity index (χ3n) is 6.46. The van der Waals surface area contributed by atoms with Crippen LogP contribution in [0.5, 0.6) is 5.75 Å². The predicted molar refractivity (Wildman–Crippen MR) is 140 cm³/mol. The molecular formula is C28H28N6O. The fourth-order valence-electron chi connectivity index (χ4n) is 4.22. The molecule has 7 nitrogen and oxygen atoms in total. The molecule has 0 amide bonds. The van der Waals surface area contributed by atoms with Crippen LogP contribution in [0.2, 0.25) is 0 Å². The van der Waals surface area contributed by atoms with Gasteiger partial charge >= 0.3 is 0 Å². The van der Waals surface area contributed by atoms with Gasteiger partial charge in [0.25, 0.3) is 0 Å². The molecule has 7 heteroatoms. The van der Waals surface area contributed by atoms with Gasteiger partial charge in [-0.1, -0.05) is 18.6 Å². The standard InChI is InChI=1S/C28H28N6O/c1-19-25-9-10-33-27(25)8-7-26(19)34-28-21(16-31-17-22(28)14-29)6-5-20-13-24(18-30-15-20)35-12-11-32-23-3-2-4-23/h5-10,13,15-18,23,32-33H,2-4,11-12H2,1H3,(H,31,34)/b6-5+. The lowest BCUT2D eigenvalue weighted by Gasteiger charge is -2.26. The zero-order valence-electron chi connectivity index (χ0n) is 19.7. The summed E-state index contributed by atoms with van der Waals surface area (Å²) in [5.41, 5.74) is 6.06. The lowest BCUT2D eigenvalue weighted by atomic mass is 9.93. The topological polar surface area (TPSA) is 98.7 Å². The van der Waals surface area contributed by atoms with E-state index in [4.69, 9.17) is 4.74 Å². The van der Waals surface area contributed by atoms with E-state index in [2.05, 4.69) is 44.6 Å². The first-order valence-corrected chi connectivity index (χ1v) is 11.9. The Morgan fingerprint density at radius 3 is 2.86 bits per heavy atom. The number of ether oxygens (including phenoxy) is 1. The highest BCUT2D eigenvalue weighted by molar-refractivity contribution is 5.90. The van der Waals surface area contributed by atoms with Crippen LogP contribution in [0.3, 0.4) is 0 Å². The van der Waals surface area contributed by atoms with E-state index in [9.17, 15) is 5.26 Å². The second-order valence-electron chi connectivity index (χ2n) is 8.78. The van der Waals surface area contributed by atoms with E-state index in [1.165, 1.54) is 19.3 Å². The summed E-state index contributed by atoms with van der Waals surface area (Å²) in [4.78, 5) is 11.8. The van der Waals surface area contributed by atoms with E-state index in [-0.39, 0.29) is 0 Å². The van der Waals surface area contributed by atoms with Gasteiger partial charge in [0.1, 0.15) is 18.4 Å². The highest BCUT2D eigenvalue weighted by atomic mass is 16.5. The number of fused-ring (bicyclic) bond motifs is 1. The first kappa shape index (κ1) is 22.6. The number of pyridine rings is 2.